The zero-order valence-corrected chi connectivity index (χ0v) is 9.89. The Morgan fingerprint density at radius 3 is 2.76 bits per heavy atom. The Kier molecular flexibility index (Phi) is 1.98. The Morgan fingerprint density at radius 1 is 1.29 bits per heavy atom. The lowest BCUT2D eigenvalue weighted by Gasteiger charge is -1.96. The van der Waals surface area contributed by atoms with Gasteiger partial charge in [-0.3, -0.25) is 4.68 Å². The van der Waals surface area contributed by atoms with E-state index in [0.717, 1.165) is 28.3 Å². The number of aromatic nitrogens is 6. The van der Waals surface area contributed by atoms with E-state index < -0.39 is 0 Å². The summed E-state index contributed by atoms with van der Waals surface area (Å²) in [6.45, 7) is 4.00. The van der Waals surface area contributed by atoms with Crippen LogP contribution in [0.4, 0.5) is 0 Å². The molecule has 0 fully saturated rings. The van der Waals surface area contributed by atoms with Crippen LogP contribution in [0.2, 0.25) is 0 Å². The van der Waals surface area contributed by atoms with Crippen molar-refractivity contribution in [2.45, 2.75) is 13.8 Å². The van der Waals surface area contributed by atoms with Crippen LogP contribution >= 0.6 is 0 Å². The number of hydrogen-bond acceptors (Lipinski definition) is 4. The van der Waals surface area contributed by atoms with Crippen LogP contribution in [0.25, 0.3) is 22.6 Å². The fourth-order valence-corrected chi connectivity index (χ4v) is 2.00. The van der Waals surface area contributed by atoms with Gasteiger partial charge in [-0.15, -0.1) is 0 Å². The molecule has 0 aliphatic rings. The zero-order chi connectivity index (χ0) is 12.0. The van der Waals surface area contributed by atoms with Crippen molar-refractivity contribution in [3.63, 3.8) is 0 Å². The van der Waals surface area contributed by atoms with E-state index in [2.05, 4.69) is 25.0 Å². The van der Waals surface area contributed by atoms with Crippen LogP contribution in [0.1, 0.15) is 11.4 Å². The molecule has 0 aromatic carbocycles. The lowest BCUT2D eigenvalue weighted by Crippen LogP contribution is -1.92. The normalized spacial score (nSPS) is 11.2. The Bertz CT molecular complexity index is 660. The van der Waals surface area contributed by atoms with Crippen molar-refractivity contribution in [1.82, 2.24) is 29.7 Å². The minimum absolute atomic E-state index is 0.678. The lowest BCUT2D eigenvalue weighted by atomic mass is 10.2. The summed E-state index contributed by atoms with van der Waals surface area (Å²) in [4.78, 5) is 15.8. The van der Waals surface area contributed by atoms with E-state index in [4.69, 9.17) is 0 Å². The van der Waals surface area contributed by atoms with Crippen LogP contribution < -0.4 is 0 Å². The van der Waals surface area contributed by atoms with E-state index in [1.54, 1.807) is 6.20 Å². The fourth-order valence-electron chi connectivity index (χ4n) is 2.00. The van der Waals surface area contributed by atoms with Gasteiger partial charge in [0, 0.05) is 12.7 Å². The second kappa shape index (κ2) is 3.38. The molecule has 1 N–H and O–H groups in total. The molecule has 0 amide bonds. The summed E-state index contributed by atoms with van der Waals surface area (Å²) in [5, 5.41) is 4.38. The minimum atomic E-state index is 0.678. The van der Waals surface area contributed by atoms with Crippen LogP contribution in [-0.2, 0) is 7.05 Å². The molecule has 0 saturated carbocycles. The summed E-state index contributed by atoms with van der Waals surface area (Å²) in [5.41, 5.74) is 4.58. The molecule has 0 saturated heterocycles. The first-order chi connectivity index (χ1) is 8.16. The van der Waals surface area contributed by atoms with E-state index in [-0.39, 0.29) is 0 Å². The van der Waals surface area contributed by atoms with Crippen molar-refractivity contribution in [3.05, 3.63) is 23.9 Å². The average Bonchev–Trinajstić information content (AvgIpc) is 2.81. The van der Waals surface area contributed by atoms with Gasteiger partial charge in [0.15, 0.2) is 5.65 Å². The smallest absolute Gasteiger partial charge is 0.181 e. The molecule has 0 bridgehead atoms. The summed E-state index contributed by atoms with van der Waals surface area (Å²) >= 11 is 0. The van der Waals surface area contributed by atoms with Crippen molar-refractivity contribution in [1.29, 1.82) is 0 Å². The standard InChI is InChI=1S/C11H12N6/c1-6-9(7(2)17(3)16-6)11-14-8-4-12-5-13-10(8)15-11/h4-5H,1-3H3,(H,12,13,14,15). The van der Waals surface area contributed by atoms with Gasteiger partial charge in [0.1, 0.15) is 17.7 Å². The second-order valence-electron chi connectivity index (χ2n) is 4.01. The molecule has 6 heteroatoms. The van der Waals surface area contributed by atoms with E-state index in [0.29, 0.717) is 5.65 Å². The average molecular weight is 228 g/mol. The second-order valence-corrected chi connectivity index (χ2v) is 4.01. The first-order valence-electron chi connectivity index (χ1n) is 5.33. The predicted molar refractivity (Wildman–Crippen MR) is 63.4 cm³/mol. The van der Waals surface area contributed by atoms with E-state index >= 15 is 0 Å². The highest BCUT2D eigenvalue weighted by Crippen LogP contribution is 2.25. The van der Waals surface area contributed by atoms with Crippen molar-refractivity contribution < 1.29 is 0 Å². The highest BCUT2D eigenvalue weighted by Gasteiger charge is 2.15. The fraction of sp³-hybridized carbons (Fsp3) is 0.273. The molecule has 6 nitrogen and oxygen atoms in total. The number of H-pyrrole nitrogens is 1. The molecule has 3 aromatic rings. The molecule has 0 unspecified atom stereocenters. The first kappa shape index (κ1) is 9.95. The SMILES string of the molecule is Cc1nn(C)c(C)c1-c1nc2ncncc2[nH]1. The number of nitrogens with one attached hydrogen (secondary N) is 1. The van der Waals surface area contributed by atoms with E-state index in [1.165, 1.54) is 6.33 Å². The highest BCUT2D eigenvalue weighted by atomic mass is 15.3. The molecule has 0 radical (unpaired) electrons. The molecule has 0 spiro atoms. The van der Waals surface area contributed by atoms with Gasteiger partial charge >= 0.3 is 0 Å². The highest BCUT2D eigenvalue weighted by molar-refractivity contribution is 5.76. The summed E-state index contributed by atoms with van der Waals surface area (Å²) in [5.74, 6) is 0.795. The van der Waals surface area contributed by atoms with E-state index in [9.17, 15) is 0 Å². The Balaban J connectivity index is 2.27. The first-order valence-corrected chi connectivity index (χ1v) is 5.33. The van der Waals surface area contributed by atoms with Gasteiger partial charge in [-0.2, -0.15) is 5.10 Å². The van der Waals surface area contributed by atoms with E-state index in [1.807, 2.05) is 25.6 Å². The molecule has 0 aliphatic heterocycles. The Morgan fingerprint density at radius 2 is 2.12 bits per heavy atom. The summed E-state index contributed by atoms with van der Waals surface area (Å²) < 4.78 is 1.85. The Hall–Kier alpha value is -2.24. The van der Waals surface area contributed by atoms with Gasteiger partial charge in [0.2, 0.25) is 0 Å². The molecular formula is C11H12N6. The van der Waals surface area contributed by atoms with Gasteiger partial charge in [0.25, 0.3) is 0 Å². The third-order valence-corrected chi connectivity index (χ3v) is 2.91. The molecule has 17 heavy (non-hydrogen) atoms. The molecule has 0 atom stereocenters. The quantitative estimate of drug-likeness (QED) is 0.682. The van der Waals surface area contributed by atoms with Gasteiger partial charge in [-0.1, -0.05) is 0 Å². The third kappa shape index (κ3) is 1.41. The maximum Gasteiger partial charge on any atom is 0.181 e. The van der Waals surface area contributed by atoms with Gasteiger partial charge < -0.3 is 4.98 Å². The molecule has 3 heterocycles. The maximum atomic E-state index is 4.46. The van der Waals surface area contributed by atoms with Crippen LogP contribution in [0, 0.1) is 13.8 Å². The van der Waals surface area contributed by atoms with Crippen molar-refractivity contribution in [2.24, 2.45) is 7.05 Å². The lowest BCUT2D eigenvalue weighted by molar-refractivity contribution is 0.731. The van der Waals surface area contributed by atoms with Gasteiger partial charge in [0.05, 0.1) is 17.5 Å². The predicted octanol–water partition coefficient (Wildman–Crippen LogP) is 1.37. The number of fused-ring (bicyclic) bond motifs is 1. The molecular weight excluding hydrogens is 216 g/mol. The molecule has 86 valence electrons. The molecule has 3 rings (SSSR count). The number of aryl methyl sites for hydroxylation is 2. The summed E-state index contributed by atoms with van der Waals surface area (Å²) in [7, 11) is 1.92. The van der Waals surface area contributed by atoms with Gasteiger partial charge in [-0.05, 0) is 13.8 Å². The Labute approximate surface area is 97.7 Å². The van der Waals surface area contributed by atoms with Crippen LogP contribution in [0.3, 0.4) is 0 Å². The largest absolute Gasteiger partial charge is 0.335 e. The topological polar surface area (TPSA) is 72.3 Å². The number of imidazole rings is 1. The van der Waals surface area contributed by atoms with Crippen LogP contribution in [-0.4, -0.2) is 29.7 Å². The maximum absolute atomic E-state index is 4.46. The van der Waals surface area contributed by atoms with Crippen LogP contribution in [0.5, 0.6) is 0 Å². The van der Waals surface area contributed by atoms with Crippen molar-refractivity contribution in [2.75, 3.05) is 0 Å². The molecule has 0 aliphatic carbocycles. The third-order valence-electron chi connectivity index (χ3n) is 2.91. The summed E-state index contributed by atoms with van der Waals surface area (Å²) in [6.07, 6.45) is 3.22. The minimum Gasteiger partial charge on any atom is -0.335 e. The number of rotatable bonds is 1. The summed E-state index contributed by atoms with van der Waals surface area (Å²) in [6, 6.07) is 0. The monoisotopic (exact) mass is 228 g/mol. The number of hydrogen-bond donors (Lipinski definition) is 1. The zero-order valence-electron chi connectivity index (χ0n) is 9.89. The number of nitrogens with zero attached hydrogens (tertiary/aromatic N) is 5. The van der Waals surface area contributed by atoms with Gasteiger partial charge in [-0.25, -0.2) is 15.0 Å². The number of aromatic amines is 1. The van der Waals surface area contributed by atoms with Crippen molar-refractivity contribution >= 4 is 11.2 Å². The molecule has 3 aromatic heterocycles. The van der Waals surface area contributed by atoms with Crippen molar-refractivity contribution in [3.8, 4) is 11.4 Å². The van der Waals surface area contributed by atoms with Crippen LogP contribution in [0.15, 0.2) is 12.5 Å².